The first-order valence-electron chi connectivity index (χ1n) is 6.36. The van der Waals surface area contributed by atoms with Crippen LogP contribution in [-0.2, 0) is 9.59 Å². The van der Waals surface area contributed by atoms with E-state index in [1.807, 2.05) is 6.92 Å². The van der Waals surface area contributed by atoms with E-state index >= 15 is 0 Å². The SMILES string of the molecule is CCC[C@@H](NC(=O)CCC1CCNC1)C(=O)O. The predicted molar refractivity (Wildman–Crippen MR) is 64.7 cm³/mol. The van der Waals surface area contributed by atoms with Crippen molar-refractivity contribution in [2.45, 2.75) is 45.1 Å². The first kappa shape index (κ1) is 14.0. The minimum atomic E-state index is -0.942. The number of rotatable bonds is 7. The maximum atomic E-state index is 11.6. The van der Waals surface area contributed by atoms with E-state index in [1.54, 1.807) is 0 Å². The second-order valence-electron chi connectivity index (χ2n) is 4.64. The van der Waals surface area contributed by atoms with E-state index in [0.717, 1.165) is 32.4 Å². The number of hydrogen-bond donors (Lipinski definition) is 3. The fourth-order valence-electron chi connectivity index (χ4n) is 2.11. The van der Waals surface area contributed by atoms with E-state index in [2.05, 4.69) is 10.6 Å². The Morgan fingerprint density at radius 3 is 2.82 bits per heavy atom. The normalized spacial score (nSPS) is 21.1. The van der Waals surface area contributed by atoms with Crippen molar-refractivity contribution in [1.82, 2.24) is 10.6 Å². The Kier molecular flexibility index (Phi) is 5.97. The standard InChI is InChI=1S/C12H22N2O3/c1-2-3-10(12(16)17)14-11(15)5-4-9-6-7-13-8-9/h9-10,13H,2-8H2,1H3,(H,14,15)(H,16,17)/t9?,10-/m1/s1. The molecule has 0 aromatic heterocycles. The third kappa shape index (κ3) is 5.17. The summed E-state index contributed by atoms with van der Waals surface area (Å²) >= 11 is 0. The Balaban J connectivity index is 2.23. The van der Waals surface area contributed by atoms with Gasteiger partial charge in [0.2, 0.25) is 5.91 Å². The smallest absolute Gasteiger partial charge is 0.326 e. The van der Waals surface area contributed by atoms with Gasteiger partial charge in [0.15, 0.2) is 0 Å². The van der Waals surface area contributed by atoms with Gasteiger partial charge in [-0.3, -0.25) is 4.79 Å². The lowest BCUT2D eigenvalue weighted by Crippen LogP contribution is -2.40. The molecule has 1 amide bonds. The van der Waals surface area contributed by atoms with Crippen LogP contribution in [0, 0.1) is 5.92 Å². The summed E-state index contributed by atoms with van der Waals surface area (Å²) in [4.78, 5) is 22.5. The van der Waals surface area contributed by atoms with Gasteiger partial charge in [-0.2, -0.15) is 0 Å². The minimum absolute atomic E-state index is 0.141. The molecular formula is C12H22N2O3. The van der Waals surface area contributed by atoms with Crippen LogP contribution in [0.1, 0.15) is 39.0 Å². The van der Waals surface area contributed by atoms with Crippen LogP contribution < -0.4 is 10.6 Å². The molecule has 0 aromatic carbocycles. The van der Waals surface area contributed by atoms with Crippen LogP contribution in [0.3, 0.4) is 0 Å². The number of aliphatic carboxylic acids is 1. The molecule has 0 saturated carbocycles. The first-order valence-corrected chi connectivity index (χ1v) is 6.36. The van der Waals surface area contributed by atoms with Crippen molar-refractivity contribution >= 4 is 11.9 Å². The number of hydrogen-bond acceptors (Lipinski definition) is 3. The van der Waals surface area contributed by atoms with Crippen LogP contribution in [0.15, 0.2) is 0 Å². The average Bonchev–Trinajstić information content (AvgIpc) is 2.78. The summed E-state index contributed by atoms with van der Waals surface area (Å²) in [6.45, 7) is 3.91. The largest absolute Gasteiger partial charge is 0.480 e. The Bertz CT molecular complexity index is 262. The molecule has 2 atom stereocenters. The third-order valence-electron chi connectivity index (χ3n) is 3.15. The summed E-state index contributed by atoms with van der Waals surface area (Å²) in [5.41, 5.74) is 0. The van der Waals surface area contributed by atoms with Gasteiger partial charge in [0, 0.05) is 6.42 Å². The van der Waals surface area contributed by atoms with Gasteiger partial charge in [0.05, 0.1) is 0 Å². The molecule has 1 heterocycles. The van der Waals surface area contributed by atoms with E-state index in [9.17, 15) is 9.59 Å². The Morgan fingerprint density at radius 2 is 2.29 bits per heavy atom. The number of carbonyl (C=O) groups excluding carboxylic acids is 1. The van der Waals surface area contributed by atoms with Crippen molar-refractivity contribution in [1.29, 1.82) is 0 Å². The summed E-state index contributed by atoms with van der Waals surface area (Å²) in [6.07, 6.45) is 3.64. The summed E-state index contributed by atoms with van der Waals surface area (Å²) in [7, 11) is 0. The second kappa shape index (κ2) is 7.27. The molecule has 1 rings (SSSR count). The quantitative estimate of drug-likeness (QED) is 0.615. The first-order chi connectivity index (χ1) is 8.13. The average molecular weight is 242 g/mol. The lowest BCUT2D eigenvalue weighted by molar-refractivity contribution is -0.142. The number of nitrogens with one attached hydrogen (secondary N) is 2. The maximum Gasteiger partial charge on any atom is 0.326 e. The highest BCUT2D eigenvalue weighted by Crippen LogP contribution is 2.14. The molecule has 1 unspecified atom stereocenters. The van der Waals surface area contributed by atoms with E-state index in [1.165, 1.54) is 0 Å². The van der Waals surface area contributed by atoms with E-state index in [0.29, 0.717) is 18.8 Å². The summed E-state index contributed by atoms with van der Waals surface area (Å²) in [5, 5.41) is 14.7. The van der Waals surface area contributed by atoms with Crippen molar-refractivity contribution in [3.63, 3.8) is 0 Å². The molecule has 3 N–H and O–H groups in total. The van der Waals surface area contributed by atoms with Crippen molar-refractivity contribution in [2.75, 3.05) is 13.1 Å². The van der Waals surface area contributed by atoms with Gasteiger partial charge in [-0.05, 0) is 38.3 Å². The highest BCUT2D eigenvalue weighted by atomic mass is 16.4. The molecule has 17 heavy (non-hydrogen) atoms. The number of carboxylic acids is 1. The van der Waals surface area contributed by atoms with Gasteiger partial charge in [0.1, 0.15) is 6.04 Å². The highest BCUT2D eigenvalue weighted by molar-refractivity contribution is 5.83. The lowest BCUT2D eigenvalue weighted by atomic mass is 10.0. The van der Waals surface area contributed by atoms with Crippen molar-refractivity contribution < 1.29 is 14.7 Å². The topological polar surface area (TPSA) is 78.4 Å². The van der Waals surface area contributed by atoms with Crippen LogP contribution in [0.2, 0.25) is 0 Å². The molecular weight excluding hydrogens is 220 g/mol. The van der Waals surface area contributed by atoms with Gasteiger partial charge < -0.3 is 15.7 Å². The van der Waals surface area contributed by atoms with Crippen molar-refractivity contribution in [2.24, 2.45) is 5.92 Å². The molecule has 98 valence electrons. The van der Waals surface area contributed by atoms with Gasteiger partial charge in [-0.1, -0.05) is 13.3 Å². The molecule has 5 nitrogen and oxygen atoms in total. The van der Waals surface area contributed by atoms with Crippen LogP contribution >= 0.6 is 0 Å². The molecule has 0 bridgehead atoms. The second-order valence-corrected chi connectivity index (χ2v) is 4.64. The monoisotopic (exact) mass is 242 g/mol. The third-order valence-corrected chi connectivity index (χ3v) is 3.15. The molecule has 5 heteroatoms. The fraction of sp³-hybridized carbons (Fsp3) is 0.833. The summed E-state index contributed by atoms with van der Waals surface area (Å²) in [5.74, 6) is -0.518. The molecule has 0 aliphatic carbocycles. The zero-order chi connectivity index (χ0) is 12.7. The van der Waals surface area contributed by atoms with Crippen LogP contribution in [0.4, 0.5) is 0 Å². The maximum absolute atomic E-state index is 11.6. The van der Waals surface area contributed by atoms with Gasteiger partial charge in [-0.15, -0.1) is 0 Å². The minimum Gasteiger partial charge on any atom is -0.480 e. The number of carbonyl (C=O) groups is 2. The Morgan fingerprint density at radius 1 is 1.53 bits per heavy atom. The van der Waals surface area contributed by atoms with Crippen LogP contribution in [0.5, 0.6) is 0 Å². The summed E-state index contributed by atoms with van der Waals surface area (Å²) < 4.78 is 0. The predicted octanol–water partition coefficient (Wildman–Crippen LogP) is 0.746. The summed E-state index contributed by atoms with van der Waals surface area (Å²) in [6, 6.07) is -0.728. The fourth-order valence-corrected chi connectivity index (χ4v) is 2.11. The van der Waals surface area contributed by atoms with Crippen LogP contribution in [0.25, 0.3) is 0 Å². The molecule has 1 fully saturated rings. The highest BCUT2D eigenvalue weighted by Gasteiger charge is 2.20. The zero-order valence-electron chi connectivity index (χ0n) is 10.4. The molecule has 1 aliphatic heterocycles. The van der Waals surface area contributed by atoms with Crippen molar-refractivity contribution in [3.8, 4) is 0 Å². The Labute approximate surface area is 102 Å². The van der Waals surface area contributed by atoms with Crippen LogP contribution in [-0.4, -0.2) is 36.1 Å². The van der Waals surface area contributed by atoms with Gasteiger partial charge in [0.25, 0.3) is 0 Å². The number of amides is 1. The molecule has 0 aromatic rings. The van der Waals surface area contributed by atoms with Gasteiger partial charge >= 0.3 is 5.97 Å². The van der Waals surface area contributed by atoms with E-state index in [-0.39, 0.29) is 5.91 Å². The van der Waals surface area contributed by atoms with E-state index < -0.39 is 12.0 Å². The number of carboxylic acid groups (broad SMARTS) is 1. The zero-order valence-corrected chi connectivity index (χ0v) is 10.4. The lowest BCUT2D eigenvalue weighted by Gasteiger charge is -2.14. The van der Waals surface area contributed by atoms with E-state index in [4.69, 9.17) is 5.11 Å². The molecule has 0 spiro atoms. The molecule has 0 radical (unpaired) electrons. The Hall–Kier alpha value is -1.10. The molecule has 1 saturated heterocycles. The van der Waals surface area contributed by atoms with Gasteiger partial charge in [-0.25, -0.2) is 4.79 Å². The molecule has 1 aliphatic rings. The van der Waals surface area contributed by atoms with Crippen molar-refractivity contribution in [3.05, 3.63) is 0 Å².